The van der Waals surface area contributed by atoms with Gasteiger partial charge in [-0.05, 0) is 36.6 Å². The van der Waals surface area contributed by atoms with Gasteiger partial charge in [0.2, 0.25) is 0 Å². The average molecular weight is 252 g/mol. The first-order valence-corrected chi connectivity index (χ1v) is 6.39. The molecule has 0 amide bonds. The maximum Gasteiger partial charge on any atom is 0.138 e. The number of para-hydroxylation sites is 1. The molecule has 0 saturated carbocycles. The van der Waals surface area contributed by atoms with Crippen molar-refractivity contribution in [2.24, 2.45) is 0 Å². The Morgan fingerprint density at radius 3 is 2.42 bits per heavy atom. The number of aryl methyl sites for hydroxylation is 2. The summed E-state index contributed by atoms with van der Waals surface area (Å²) in [4.78, 5) is 0. The van der Waals surface area contributed by atoms with Crippen molar-refractivity contribution in [2.45, 2.75) is 20.0 Å². The number of furan rings is 1. The Morgan fingerprint density at radius 1 is 0.947 bits per heavy atom. The lowest BCUT2D eigenvalue weighted by molar-refractivity contribution is 0.191. The lowest BCUT2D eigenvalue weighted by atomic mass is 10.0. The summed E-state index contributed by atoms with van der Waals surface area (Å²) < 4.78 is 5.82. The highest BCUT2D eigenvalue weighted by Gasteiger charge is 2.17. The molecule has 0 spiro atoms. The van der Waals surface area contributed by atoms with E-state index in [9.17, 15) is 5.11 Å². The van der Waals surface area contributed by atoms with Crippen molar-refractivity contribution in [1.82, 2.24) is 0 Å². The lowest BCUT2D eigenvalue weighted by Crippen LogP contribution is -2.00. The van der Waals surface area contributed by atoms with Crippen LogP contribution in [-0.2, 0) is 0 Å². The Morgan fingerprint density at radius 2 is 1.68 bits per heavy atom. The molecule has 1 aromatic heterocycles. The molecule has 1 atom stereocenters. The standard InChI is InChI=1S/C17H16O2/c1-11-6-3-4-9-14(11)16(18)15-10-13-8-5-7-12(2)17(13)19-15/h3-10,16,18H,1-2H3. The number of aliphatic hydroxyl groups is 1. The maximum atomic E-state index is 10.5. The van der Waals surface area contributed by atoms with Gasteiger partial charge in [0.1, 0.15) is 17.4 Å². The molecule has 1 heterocycles. The monoisotopic (exact) mass is 252 g/mol. The SMILES string of the molecule is Cc1ccccc1C(O)c1cc2cccc(C)c2o1. The molecule has 3 rings (SSSR count). The molecule has 96 valence electrons. The molecular formula is C17H16O2. The van der Waals surface area contributed by atoms with Crippen LogP contribution in [0.25, 0.3) is 11.0 Å². The summed E-state index contributed by atoms with van der Waals surface area (Å²) in [5.41, 5.74) is 3.89. The van der Waals surface area contributed by atoms with E-state index in [-0.39, 0.29) is 0 Å². The number of aliphatic hydroxyl groups excluding tert-OH is 1. The fourth-order valence-corrected chi connectivity index (χ4v) is 2.41. The van der Waals surface area contributed by atoms with E-state index in [1.165, 1.54) is 0 Å². The van der Waals surface area contributed by atoms with E-state index in [4.69, 9.17) is 4.42 Å². The van der Waals surface area contributed by atoms with E-state index in [1.807, 2.05) is 62.4 Å². The Hall–Kier alpha value is -2.06. The third-order valence-electron chi connectivity index (χ3n) is 3.51. The topological polar surface area (TPSA) is 33.4 Å². The normalized spacial score (nSPS) is 12.8. The zero-order valence-corrected chi connectivity index (χ0v) is 11.1. The Kier molecular flexibility index (Phi) is 2.88. The van der Waals surface area contributed by atoms with Crippen LogP contribution >= 0.6 is 0 Å². The molecular weight excluding hydrogens is 236 g/mol. The minimum absolute atomic E-state index is 0.596. The molecule has 19 heavy (non-hydrogen) atoms. The van der Waals surface area contributed by atoms with Crippen molar-refractivity contribution < 1.29 is 9.52 Å². The van der Waals surface area contributed by atoms with E-state index in [2.05, 4.69) is 0 Å². The molecule has 0 saturated heterocycles. The van der Waals surface area contributed by atoms with E-state index in [0.717, 1.165) is 27.7 Å². The highest BCUT2D eigenvalue weighted by Crippen LogP contribution is 2.30. The number of hydrogen-bond donors (Lipinski definition) is 1. The van der Waals surface area contributed by atoms with Crippen LogP contribution in [0.3, 0.4) is 0 Å². The second-order valence-electron chi connectivity index (χ2n) is 4.90. The van der Waals surface area contributed by atoms with Gasteiger partial charge in [0.05, 0.1) is 0 Å². The molecule has 0 fully saturated rings. The quantitative estimate of drug-likeness (QED) is 0.744. The van der Waals surface area contributed by atoms with Crippen LogP contribution in [0.1, 0.15) is 28.6 Å². The second kappa shape index (κ2) is 4.56. The fourth-order valence-electron chi connectivity index (χ4n) is 2.41. The maximum absolute atomic E-state index is 10.5. The predicted octanol–water partition coefficient (Wildman–Crippen LogP) is 4.13. The minimum Gasteiger partial charge on any atom is -0.458 e. The zero-order chi connectivity index (χ0) is 13.4. The zero-order valence-electron chi connectivity index (χ0n) is 11.1. The molecule has 2 nitrogen and oxygen atoms in total. The van der Waals surface area contributed by atoms with Crippen LogP contribution < -0.4 is 0 Å². The van der Waals surface area contributed by atoms with Gasteiger partial charge in [0.15, 0.2) is 0 Å². The molecule has 2 aromatic carbocycles. The summed E-state index contributed by atoms with van der Waals surface area (Å²) in [6.07, 6.45) is -0.715. The summed E-state index contributed by atoms with van der Waals surface area (Å²) >= 11 is 0. The number of benzene rings is 2. The van der Waals surface area contributed by atoms with Crippen LogP contribution in [0.2, 0.25) is 0 Å². The number of hydrogen-bond acceptors (Lipinski definition) is 2. The van der Waals surface area contributed by atoms with E-state index >= 15 is 0 Å². The van der Waals surface area contributed by atoms with Crippen molar-refractivity contribution in [2.75, 3.05) is 0 Å². The van der Waals surface area contributed by atoms with Gasteiger partial charge in [-0.15, -0.1) is 0 Å². The molecule has 0 aliphatic carbocycles. The summed E-state index contributed by atoms with van der Waals surface area (Å²) in [5.74, 6) is 0.596. The first kappa shape index (κ1) is 12.0. The minimum atomic E-state index is -0.715. The number of fused-ring (bicyclic) bond motifs is 1. The molecule has 2 heteroatoms. The smallest absolute Gasteiger partial charge is 0.138 e. The summed E-state index contributed by atoms with van der Waals surface area (Å²) in [7, 11) is 0. The van der Waals surface area contributed by atoms with Crippen LogP contribution in [0, 0.1) is 13.8 Å². The molecule has 0 radical (unpaired) electrons. The summed E-state index contributed by atoms with van der Waals surface area (Å²) in [6, 6.07) is 15.7. The second-order valence-corrected chi connectivity index (χ2v) is 4.90. The third kappa shape index (κ3) is 2.04. The summed E-state index contributed by atoms with van der Waals surface area (Å²) in [5, 5.41) is 11.5. The average Bonchev–Trinajstić information content (AvgIpc) is 2.84. The Bertz CT molecular complexity index is 725. The van der Waals surface area contributed by atoms with Crippen LogP contribution in [-0.4, -0.2) is 5.11 Å². The predicted molar refractivity (Wildman–Crippen MR) is 76.2 cm³/mol. The highest BCUT2D eigenvalue weighted by molar-refractivity contribution is 5.81. The van der Waals surface area contributed by atoms with E-state index < -0.39 is 6.10 Å². The van der Waals surface area contributed by atoms with Gasteiger partial charge in [-0.25, -0.2) is 0 Å². The van der Waals surface area contributed by atoms with Gasteiger partial charge in [-0.2, -0.15) is 0 Å². The third-order valence-corrected chi connectivity index (χ3v) is 3.51. The molecule has 1 N–H and O–H groups in total. The highest BCUT2D eigenvalue weighted by atomic mass is 16.4. The van der Waals surface area contributed by atoms with E-state index in [1.54, 1.807) is 0 Å². The van der Waals surface area contributed by atoms with Gasteiger partial charge in [0.25, 0.3) is 0 Å². The number of rotatable bonds is 2. The fraction of sp³-hybridized carbons (Fsp3) is 0.176. The van der Waals surface area contributed by atoms with Gasteiger partial charge < -0.3 is 9.52 Å². The van der Waals surface area contributed by atoms with Crippen molar-refractivity contribution >= 4 is 11.0 Å². The Labute approximate surface area is 112 Å². The van der Waals surface area contributed by atoms with E-state index in [0.29, 0.717) is 5.76 Å². The van der Waals surface area contributed by atoms with Gasteiger partial charge in [0, 0.05) is 5.39 Å². The molecule has 0 bridgehead atoms. The molecule has 1 unspecified atom stereocenters. The summed E-state index contributed by atoms with van der Waals surface area (Å²) in [6.45, 7) is 4.00. The van der Waals surface area contributed by atoms with Crippen LogP contribution in [0.15, 0.2) is 52.9 Å². The lowest BCUT2D eigenvalue weighted by Gasteiger charge is -2.10. The largest absolute Gasteiger partial charge is 0.458 e. The first-order chi connectivity index (χ1) is 9.16. The van der Waals surface area contributed by atoms with Crippen molar-refractivity contribution in [3.05, 3.63) is 71.0 Å². The first-order valence-electron chi connectivity index (χ1n) is 6.39. The van der Waals surface area contributed by atoms with Crippen molar-refractivity contribution in [1.29, 1.82) is 0 Å². The molecule has 0 aliphatic rings. The van der Waals surface area contributed by atoms with Crippen LogP contribution in [0.5, 0.6) is 0 Å². The van der Waals surface area contributed by atoms with Gasteiger partial charge in [-0.1, -0.05) is 42.5 Å². The van der Waals surface area contributed by atoms with Gasteiger partial charge in [-0.3, -0.25) is 0 Å². The molecule has 3 aromatic rings. The van der Waals surface area contributed by atoms with Crippen molar-refractivity contribution in [3.63, 3.8) is 0 Å². The molecule has 0 aliphatic heterocycles. The van der Waals surface area contributed by atoms with Crippen molar-refractivity contribution in [3.8, 4) is 0 Å². The van der Waals surface area contributed by atoms with Crippen LogP contribution in [0.4, 0.5) is 0 Å². The Balaban J connectivity index is 2.10. The van der Waals surface area contributed by atoms with Gasteiger partial charge >= 0.3 is 0 Å².